The zero-order chi connectivity index (χ0) is 11.6. The smallest absolute Gasteiger partial charge is 0.0249 e. The lowest BCUT2D eigenvalue weighted by Crippen LogP contribution is -2.52. The van der Waals surface area contributed by atoms with E-state index in [0.29, 0.717) is 5.41 Å². The predicted molar refractivity (Wildman–Crippen MR) is 69.7 cm³/mol. The number of likely N-dealkylation sites (N-methyl/N-ethyl adjacent to an activating group) is 1. The first-order valence-corrected chi connectivity index (χ1v) is 7.10. The van der Waals surface area contributed by atoms with Crippen molar-refractivity contribution in [2.45, 2.75) is 65.0 Å². The van der Waals surface area contributed by atoms with E-state index in [1.807, 2.05) is 0 Å². The number of hydrogen-bond donors (Lipinski definition) is 1. The quantitative estimate of drug-likeness (QED) is 0.793. The molecule has 0 spiro atoms. The Kier molecular flexibility index (Phi) is 3.91. The second-order valence-corrected chi connectivity index (χ2v) is 6.40. The molecular formula is C14H28N2. The van der Waals surface area contributed by atoms with Gasteiger partial charge < -0.3 is 5.32 Å². The molecule has 1 heterocycles. The molecule has 2 nitrogen and oxygen atoms in total. The van der Waals surface area contributed by atoms with Gasteiger partial charge in [-0.2, -0.15) is 0 Å². The van der Waals surface area contributed by atoms with Crippen molar-refractivity contribution in [3.8, 4) is 0 Å². The van der Waals surface area contributed by atoms with Gasteiger partial charge in [0.15, 0.2) is 0 Å². The molecule has 1 saturated carbocycles. The van der Waals surface area contributed by atoms with Crippen LogP contribution in [0.3, 0.4) is 0 Å². The maximum atomic E-state index is 3.68. The lowest BCUT2D eigenvalue weighted by molar-refractivity contribution is 0.0694. The van der Waals surface area contributed by atoms with Gasteiger partial charge in [0, 0.05) is 18.6 Å². The van der Waals surface area contributed by atoms with Crippen molar-refractivity contribution in [1.82, 2.24) is 10.2 Å². The van der Waals surface area contributed by atoms with Gasteiger partial charge in [-0.15, -0.1) is 0 Å². The van der Waals surface area contributed by atoms with Crippen LogP contribution in [0.15, 0.2) is 0 Å². The van der Waals surface area contributed by atoms with Gasteiger partial charge in [-0.1, -0.05) is 27.2 Å². The number of nitrogens with zero attached hydrogens (tertiary/aromatic N) is 1. The number of nitrogens with one attached hydrogen (secondary N) is 1. The van der Waals surface area contributed by atoms with Crippen LogP contribution >= 0.6 is 0 Å². The summed E-state index contributed by atoms with van der Waals surface area (Å²) < 4.78 is 0. The SMILES string of the molecule is CCNC1CCCC1N1CCCC(C)(C)C1. The Hall–Kier alpha value is -0.0800. The van der Waals surface area contributed by atoms with Crippen LogP contribution in [0.4, 0.5) is 0 Å². The molecule has 1 aliphatic carbocycles. The largest absolute Gasteiger partial charge is 0.313 e. The van der Waals surface area contributed by atoms with Gasteiger partial charge in [-0.3, -0.25) is 4.90 Å². The van der Waals surface area contributed by atoms with Gasteiger partial charge >= 0.3 is 0 Å². The van der Waals surface area contributed by atoms with Crippen LogP contribution in [0.25, 0.3) is 0 Å². The summed E-state index contributed by atoms with van der Waals surface area (Å²) in [6.45, 7) is 10.8. The molecular weight excluding hydrogens is 196 g/mol. The first kappa shape index (κ1) is 12.4. The molecule has 0 radical (unpaired) electrons. The molecule has 1 N–H and O–H groups in total. The standard InChI is InChI=1S/C14H28N2/c1-4-15-12-7-5-8-13(12)16-10-6-9-14(2,3)11-16/h12-13,15H,4-11H2,1-3H3. The average Bonchev–Trinajstić information content (AvgIpc) is 2.65. The summed E-state index contributed by atoms with van der Waals surface area (Å²) in [5.74, 6) is 0. The highest BCUT2D eigenvalue weighted by Crippen LogP contribution is 2.33. The van der Waals surface area contributed by atoms with Gasteiger partial charge in [-0.05, 0) is 44.2 Å². The summed E-state index contributed by atoms with van der Waals surface area (Å²) in [7, 11) is 0. The van der Waals surface area contributed by atoms with Gasteiger partial charge in [0.25, 0.3) is 0 Å². The van der Waals surface area contributed by atoms with E-state index < -0.39 is 0 Å². The Bertz CT molecular complexity index is 225. The Morgan fingerprint density at radius 2 is 2.06 bits per heavy atom. The van der Waals surface area contributed by atoms with E-state index in [4.69, 9.17) is 0 Å². The van der Waals surface area contributed by atoms with Crippen molar-refractivity contribution >= 4 is 0 Å². The van der Waals surface area contributed by atoms with Gasteiger partial charge in [-0.25, -0.2) is 0 Å². The average molecular weight is 224 g/mol. The molecule has 2 fully saturated rings. The van der Waals surface area contributed by atoms with E-state index in [9.17, 15) is 0 Å². The Balaban J connectivity index is 1.95. The fourth-order valence-electron chi connectivity index (χ4n) is 3.63. The lowest BCUT2D eigenvalue weighted by atomic mass is 9.83. The molecule has 1 saturated heterocycles. The third-order valence-electron chi connectivity index (χ3n) is 4.34. The Morgan fingerprint density at radius 1 is 1.25 bits per heavy atom. The van der Waals surface area contributed by atoms with Crippen LogP contribution in [-0.2, 0) is 0 Å². The number of rotatable bonds is 3. The summed E-state index contributed by atoms with van der Waals surface area (Å²) in [6.07, 6.45) is 7.01. The van der Waals surface area contributed by atoms with Crippen molar-refractivity contribution in [3.05, 3.63) is 0 Å². The number of likely N-dealkylation sites (tertiary alicyclic amines) is 1. The van der Waals surface area contributed by atoms with Crippen LogP contribution < -0.4 is 5.32 Å². The Labute approximate surface area is 101 Å². The summed E-state index contributed by atoms with van der Waals surface area (Å²) in [5, 5.41) is 3.68. The van der Waals surface area contributed by atoms with Crippen molar-refractivity contribution < 1.29 is 0 Å². The zero-order valence-corrected chi connectivity index (χ0v) is 11.3. The molecule has 1 aliphatic heterocycles. The molecule has 0 bridgehead atoms. The molecule has 2 unspecified atom stereocenters. The van der Waals surface area contributed by atoms with Crippen molar-refractivity contribution in [3.63, 3.8) is 0 Å². The van der Waals surface area contributed by atoms with Gasteiger partial charge in [0.2, 0.25) is 0 Å². The van der Waals surface area contributed by atoms with E-state index in [0.717, 1.165) is 18.6 Å². The molecule has 0 aromatic rings. The minimum atomic E-state index is 0.539. The second kappa shape index (κ2) is 5.05. The second-order valence-electron chi connectivity index (χ2n) is 6.40. The summed E-state index contributed by atoms with van der Waals surface area (Å²) in [4.78, 5) is 2.77. The molecule has 2 heteroatoms. The van der Waals surface area contributed by atoms with Crippen LogP contribution in [-0.4, -0.2) is 36.6 Å². The number of hydrogen-bond acceptors (Lipinski definition) is 2. The van der Waals surface area contributed by atoms with Crippen LogP contribution in [0.2, 0.25) is 0 Å². The fourth-order valence-corrected chi connectivity index (χ4v) is 3.63. The molecule has 0 amide bonds. The molecule has 2 rings (SSSR count). The van der Waals surface area contributed by atoms with Crippen molar-refractivity contribution in [1.29, 1.82) is 0 Å². The van der Waals surface area contributed by atoms with Crippen LogP contribution in [0.5, 0.6) is 0 Å². The lowest BCUT2D eigenvalue weighted by Gasteiger charge is -2.43. The maximum Gasteiger partial charge on any atom is 0.0249 e. The molecule has 2 atom stereocenters. The van der Waals surface area contributed by atoms with Crippen molar-refractivity contribution in [2.75, 3.05) is 19.6 Å². The first-order chi connectivity index (χ1) is 7.62. The normalized spacial score (nSPS) is 35.4. The Morgan fingerprint density at radius 3 is 2.75 bits per heavy atom. The highest BCUT2D eigenvalue weighted by molar-refractivity contribution is 4.93. The van der Waals surface area contributed by atoms with E-state index in [-0.39, 0.29) is 0 Å². The summed E-state index contributed by atoms with van der Waals surface area (Å²) >= 11 is 0. The minimum absolute atomic E-state index is 0.539. The summed E-state index contributed by atoms with van der Waals surface area (Å²) in [5.41, 5.74) is 0.539. The molecule has 0 aromatic heterocycles. The first-order valence-electron chi connectivity index (χ1n) is 7.10. The molecule has 0 aromatic carbocycles. The molecule has 16 heavy (non-hydrogen) atoms. The third-order valence-corrected chi connectivity index (χ3v) is 4.34. The zero-order valence-electron chi connectivity index (χ0n) is 11.3. The minimum Gasteiger partial charge on any atom is -0.313 e. The van der Waals surface area contributed by atoms with Crippen LogP contribution in [0.1, 0.15) is 52.9 Å². The van der Waals surface area contributed by atoms with E-state index in [1.54, 1.807) is 0 Å². The van der Waals surface area contributed by atoms with E-state index in [1.165, 1.54) is 45.2 Å². The third kappa shape index (κ3) is 2.78. The van der Waals surface area contributed by atoms with E-state index in [2.05, 4.69) is 31.0 Å². The highest BCUT2D eigenvalue weighted by Gasteiger charge is 2.36. The van der Waals surface area contributed by atoms with E-state index >= 15 is 0 Å². The summed E-state index contributed by atoms with van der Waals surface area (Å²) in [6, 6.07) is 1.58. The van der Waals surface area contributed by atoms with Gasteiger partial charge in [0.1, 0.15) is 0 Å². The van der Waals surface area contributed by atoms with Crippen LogP contribution in [0, 0.1) is 5.41 Å². The molecule has 94 valence electrons. The number of piperidine rings is 1. The monoisotopic (exact) mass is 224 g/mol. The highest BCUT2D eigenvalue weighted by atomic mass is 15.2. The predicted octanol–water partition coefficient (Wildman–Crippen LogP) is 2.64. The topological polar surface area (TPSA) is 15.3 Å². The van der Waals surface area contributed by atoms with Gasteiger partial charge in [0.05, 0.1) is 0 Å². The fraction of sp³-hybridized carbons (Fsp3) is 1.00. The maximum absolute atomic E-state index is 3.68. The molecule has 2 aliphatic rings. The van der Waals surface area contributed by atoms with Crippen molar-refractivity contribution in [2.24, 2.45) is 5.41 Å².